The number of hydrogen-bond donors (Lipinski definition) is 2. The van der Waals surface area contributed by atoms with E-state index in [-0.39, 0.29) is 12.0 Å². The third-order valence-corrected chi connectivity index (χ3v) is 4.18. The number of carbonyl (C=O) groups excluding carboxylic acids is 1. The van der Waals surface area contributed by atoms with Crippen molar-refractivity contribution < 1.29 is 9.53 Å². The van der Waals surface area contributed by atoms with Crippen molar-refractivity contribution in [3.05, 3.63) is 53.3 Å². The summed E-state index contributed by atoms with van der Waals surface area (Å²) in [4.78, 5) is 16.4. The molecule has 0 aliphatic carbocycles. The molecule has 0 radical (unpaired) electrons. The number of nitrogens with one attached hydrogen (secondary N) is 2. The van der Waals surface area contributed by atoms with E-state index in [9.17, 15) is 4.79 Å². The highest BCUT2D eigenvalue weighted by molar-refractivity contribution is 5.92. The van der Waals surface area contributed by atoms with E-state index in [0.29, 0.717) is 12.2 Å². The second-order valence-electron chi connectivity index (χ2n) is 6.22. The average Bonchev–Trinajstić information content (AvgIpc) is 3.10. The van der Waals surface area contributed by atoms with Crippen LogP contribution in [-0.2, 0) is 4.74 Å². The summed E-state index contributed by atoms with van der Waals surface area (Å²) in [5, 5.41) is 6.22. The molecule has 1 unspecified atom stereocenters. The van der Waals surface area contributed by atoms with Crippen LogP contribution >= 0.6 is 0 Å². The molecule has 0 bridgehead atoms. The van der Waals surface area contributed by atoms with Crippen LogP contribution in [0.15, 0.2) is 36.5 Å². The minimum absolute atomic E-state index is 0.138. The number of anilines is 2. The summed E-state index contributed by atoms with van der Waals surface area (Å²) in [6.07, 6.45) is 3.89. The molecule has 2 heterocycles. The standard InChI is InChI=1S/C19H23N3O2/c1-13-5-6-14(2)18(10-13)22-15-7-8-17(20-11-15)19(23)21-12-16-4-3-9-24-16/h5-8,10-11,16,22H,3-4,9,12H2,1-2H3,(H,21,23). The molecule has 1 fully saturated rings. The van der Waals surface area contributed by atoms with E-state index in [2.05, 4.69) is 47.7 Å². The number of aromatic nitrogens is 1. The van der Waals surface area contributed by atoms with Crippen LogP contribution in [0.5, 0.6) is 0 Å². The number of carbonyl (C=O) groups is 1. The first kappa shape index (κ1) is 16.5. The molecule has 1 aromatic heterocycles. The summed E-state index contributed by atoms with van der Waals surface area (Å²) in [5.41, 5.74) is 4.69. The van der Waals surface area contributed by atoms with Gasteiger partial charge < -0.3 is 15.4 Å². The van der Waals surface area contributed by atoms with Crippen LogP contribution in [0.3, 0.4) is 0 Å². The second kappa shape index (κ2) is 7.45. The first-order valence-corrected chi connectivity index (χ1v) is 8.32. The molecule has 1 aliphatic rings. The van der Waals surface area contributed by atoms with Gasteiger partial charge in [-0.15, -0.1) is 0 Å². The monoisotopic (exact) mass is 325 g/mol. The quantitative estimate of drug-likeness (QED) is 0.885. The van der Waals surface area contributed by atoms with Gasteiger partial charge in [0.1, 0.15) is 5.69 Å². The van der Waals surface area contributed by atoms with E-state index in [1.54, 1.807) is 12.3 Å². The lowest BCUT2D eigenvalue weighted by Crippen LogP contribution is -2.32. The van der Waals surface area contributed by atoms with E-state index in [1.807, 2.05) is 6.07 Å². The number of amides is 1. The molecule has 5 heteroatoms. The Labute approximate surface area is 142 Å². The molecule has 3 rings (SSSR count). The van der Waals surface area contributed by atoms with Gasteiger partial charge in [0.05, 0.1) is 18.0 Å². The van der Waals surface area contributed by atoms with Crippen molar-refractivity contribution in [2.45, 2.75) is 32.8 Å². The first-order valence-electron chi connectivity index (χ1n) is 8.32. The lowest BCUT2D eigenvalue weighted by molar-refractivity contribution is 0.0854. The summed E-state index contributed by atoms with van der Waals surface area (Å²) >= 11 is 0. The number of hydrogen-bond acceptors (Lipinski definition) is 4. The Balaban J connectivity index is 1.60. The molecule has 2 aromatic rings. The van der Waals surface area contributed by atoms with Crippen LogP contribution in [0.2, 0.25) is 0 Å². The van der Waals surface area contributed by atoms with E-state index >= 15 is 0 Å². The SMILES string of the molecule is Cc1ccc(C)c(Nc2ccc(C(=O)NCC3CCCO3)nc2)c1. The highest BCUT2D eigenvalue weighted by atomic mass is 16.5. The van der Waals surface area contributed by atoms with Gasteiger partial charge in [-0.25, -0.2) is 4.98 Å². The van der Waals surface area contributed by atoms with Gasteiger partial charge in [0.2, 0.25) is 0 Å². The normalized spacial score (nSPS) is 16.8. The molecule has 2 N–H and O–H groups in total. The van der Waals surface area contributed by atoms with Gasteiger partial charge in [-0.05, 0) is 56.0 Å². The number of nitrogens with zero attached hydrogens (tertiary/aromatic N) is 1. The zero-order valence-electron chi connectivity index (χ0n) is 14.1. The lowest BCUT2D eigenvalue weighted by atomic mass is 10.1. The fraction of sp³-hybridized carbons (Fsp3) is 0.368. The van der Waals surface area contributed by atoms with Crippen molar-refractivity contribution in [3.63, 3.8) is 0 Å². The maximum atomic E-state index is 12.1. The fourth-order valence-corrected chi connectivity index (χ4v) is 2.73. The lowest BCUT2D eigenvalue weighted by Gasteiger charge is -2.12. The van der Waals surface area contributed by atoms with E-state index in [4.69, 9.17) is 4.74 Å². The van der Waals surface area contributed by atoms with E-state index < -0.39 is 0 Å². The third kappa shape index (κ3) is 4.11. The number of ether oxygens (including phenoxy) is 1. The Morgan fingerprint density at radius 1 is 1.29 bits per heavy atom. The molecule has 5 nitrogen and oxygen atoms in total. The first-order chi connectivity index (χ1) is 11.6. The predicted molar refractivity (Wildman–Crippen MR) is 94.7 cm³/mol. The smallest absolute Gasteiger partial charge is 0.269 e. The molecule has 1 saturated heterocycles. The minimum atomic E-state index is -0.163. The van der Waals surface area contributed by atoms with Crippen molar-refractivity contribution in [1.82, 2.24) is 10.3 Å². The highest BCUT2D eigenvalue weighted by Gasteiger charge is 2.17. The Morgan fingerprint density at radius 3 is 2.88 bits per heavy atom. The number of aryl methyl sites for hydroxylation is 2. The number of benzene rings is 1. The van der Waals surface area contributed by atoms with Crippen LogP contribution in [0.25, 0.3) is 0 Å². The van der Waals surface area contributed by atoms with Crippen molar-refractivity contribution in [3.8, 4) is 0 Å². The third-order valence-electron chi connectivity index (χ3n) is 4.18. The van der Waals surface area contributed by atoms with Gasteiger partial charge in [0.25, 0.3) is 5.91 Å². The molecular formula is C19H23N3O2. The minimum Gasteiger partial charge on any atom is -0.376 e. The molecule has 1 aliphatic heterocycles. The molecule has 0 spiro atoms. The Bertz CT molecular complexity index is 707. The molecule has 1 amide bonds. The molecule has 1 atom stereocenters. The fourth-order valence-electron chi connectivity index (χ4n) is 2.73. The number of pyridine rings is 1. The van der Waals surface area contributed by atoms with Gasteiger partial charge in [0.15, 0.2) is 0 Å². The van der Waals surface area contributed by atoms with Gasteiger partial charge in [0, 0.05) is 18.8 Å². The van der Waals surface area contributed by atoms with Crippen LogP contribution in [0, 0.1) is 13.8 Å². The van der Waals surface area contributed by atoms with E-state index in [1.165, 1.54) is 11.1 Å². The van der Waals surface area contributed by atoms with Crippen LogP contribution in [0.4, 0.5) is 11.4 Å². The summed E-state index contributed by atoms with van der Waals surface area (Å²) in [6.45, 7) is 5.45. The molecule has 24 heavy (non-hydrogen) atoms. The van der Waals surface area contributed by atoms with Gasteiger partial charge in [-0.3, -0.25) is 4.79 Å². The van der Waals surface area contributed by atoms with Crippen molar-refractivity contribution in [2.75, 3.05) is 18.5 Å². The summed E-state index contributed by atoms with van der Waals surface area (Å²) in [5.74, 6) is -0.163. The topological polar surface area (TPSA) is 63.2 Å². The van der Waals surface area contributed by atoms with Crippen molar-refractivity contribution in [2.24, 2.45) is 0 Å². The Hall–Kier alpha value is -2.40. The zero-order chi connectivity index (χ0) is 16.9. The summed E-state index contributed by atoms with van der Waals surface area (Å²) in [7, 11) is 0. The van der Waals surface area contributed by atoms with Crippen molar-refractivity contribution in [1.29, 1.82) is 0 Å². The predicted octanol–water partition coefficient (Wildman–Crippen LogP) is 3.35. The Morgan fingerprint density at radius 2 is 2.17 bits per heavy atom. The largest absolute Gasteiger partial charge is 0.376 e. The number of rotatable bonds is 5. The second-order valence-corrected chi connectivity index (χ2v) is 6.22. The van der Waals surface area contributed by atoms with Crippen molar-refractivity contribution >= 4 is 17.3 Å². The maximum Gasteiger partial charge on any atom is 0.269 e. The van der Waals surface area contributed by atoms with Gasteiger partial charge >= 0.3 is 0 Å². The van der Waals surface area contributed by atoms with Gasteiger partial charge in [-0.1, -0.05) is 12.1 Å². The van der Waals surface area contributed by atoms with Crippen LogP contribution < -0.4 is 10.6 Å². The van der Waals surface area contributed by atoms with Crippen LogP contribution in [0.1, 0.15) is 34.5 Å². The van der Waals surface area contributed by atoms with Gasteiger partial charge in [-0.2, -0.15) is 0 Å². The molecule has 1 aromatic carbocycles. The van der Waals surface area contributed by atoms with E-state index in [0.717, 1.165) is 30.8 Å². The Kier molecular flexibility index (Phi) is 5.11. The molecule has 0 saturated carbocycles. The van der Waals surface area contributed by atoms with Crippen LogP contribution in [-0.4, -0.2) is 30.1 Å². The summed E-state index contributed by atoms with van der Waals surface area (Å²) < 4.78 is 5.50. The average molecular weight is 325 g/mol. The zero-order valence-corrected chi connectivity index (χ0v) is 14.1. The maximum absolute atomic E-state index is 12.1. The molecule has 126 valence electrons. The highest BCUT2D eigenvalue weighted by Crippen LogP contribution is 2.21. The summed E-state index contributed by atoms with van der Waals surface area (Å²) in [6, 6.07) is 9.86. The molecular weight excluding hydrogens is 302 g/mol.